The lowest BCUT2D eigenvalue weighted by molar-refractivity contribution is 0.846. The smallest absolute Gasteiger partial charge is 0.0961 e. The van der Waals surface area contributed by atoms with Crippen molar-refractivity contribution in [2.24, 2.45) is 0 Å². The van der Waals surface area contributed by atoms with Gasteiger partial charge < -0.3 is 4.57 Å². The summed E-state index contributed by atoms with van der Waals surface area (Å²) < 4.78 is 2.15. The fraction of sp³-hybridized carbons (Fsp3) is 0.250. The molecular weight excluding hydrogens is 172 g/mol. The molecule has 0 aliphatic rings. The van der Waals surface area contributed by atoms with Crippen LogP contribution in [0.3, 0.4) is 0 Å². The minimum Gasteiger partial charge on any atom is -0.327 e. The highest BCUT2D eigenvalue weighted by Gasteiger charge is 1.97. The van der Waals surface area contributed by atoms with Crippen molar-refractivity contribution in [3.63, 3.8) is 0 Å². The Morgan fingerprint density at radius 1 is 1.29 bits per heavy atom. The Bertz CT molecular complexity index is 440. The number of hydrogen-bond donors (Lipinski definition) is 0. The molecule has 1 heterocycles. The van der Waals surface area contributed by atoms with E-state index in [9.17, 15) is 0 Å². The second-order valence-electron chi connectivity index (χ2n) is 3.27. The summed E-state index contributed by atoms with van der Waals surface area (Å²) in [7, 11) is 0. The lowest BCUT2D eigenvalue weighted by atomic mass is 10.3. The molecule has 0 atom stereocenters. The van der Waals surface area contributed by atoms with Gasteiger partial charge in [-0.2, -0.15) is 0 Å². The monoisotopic (exact) mass is 186 g/mol. The lowest BCUT2D eigenvalue weighted by Crippen LogP contribution is -1.91. The van der Waals surface area contributed by atoms with Gasteiger partial charge in [0.25, 0.3) is 0 Å². The highest BCUT2D eigenvalue weighted by Crippen LogP contribution is 2.11. The Labute approximate surface area is 83.9 Å². The number of rotatable bonds is 3. The van der Waals surface area contributed by atoms with E-state index in [-0.39, 0.29) is 0 Å². The van der Waals surface area contributed by atoms with Gasteiger partial charge in [-0.25, -0.2) is 4.98 Å². The van der Waals surface area contributed by atoms with Crippen molar-refractivity contribution in [2.75, 3.05) is 0 Å². The molecular formula is C12H14N2. The van der Waals surface area contributed by atoms with Crippen molar-refractivity contribution < 1.29 is 0 Å². The van der Waals surface area contributed by atoms with E-state index in [4.69, 9.17) is 0 Å². The highest BCUT2D eigenvalue weighted by molar-refractivity contribution is 5.74. The van der Waals surface area contributed by atoms with Crippen LogP contribution in [0.2, 0.25) is 0 Å². The van der Waals surface area contributed by atoms with Crippen molar-refractivity contribution in [3.8, 4) is 0 Å². The molecule has 2 aromatic rings. The van der Waals surface area contributed by atoms with Gasteiger partial charge in [0.1, 0.15) is 0 Å². The molecule has 0 aliphatic heterocycles. The van der Waals surface area contributed by atoms with Crippen LogP contribution in [0, 0.1) is 0 Å². The normalized spacial score (nSPS) is 11.5. The summed E-state index contributed by atoms with van der Waals surface area (Å²) in [6.45, 7) is 3.05. The third-order valence-electron chi connectivity index (χ3n) is 2.23. The van der Waals surface area contributed by atoms with Gasteiger partial charge in [0.05, 0.1) is 17.4 Å². The number of fused-ring (bicyclic) bond motifs is 1. The van der Waals surface area contributed by atoms with Gasteiger partial charge in [-0.15, -0.1) is 0 Å². The van der Waals surface area contributed by atoms with Crippen LogP contribution in [0.4, 0.5) is 0 Å². The number of allylic oxidation sites excluding steroid dienone is 2. The summed E-state index contributed by atoms with van der Waals surface area (Å²) in [5, 5.41) is 0. The quantitative estimate of drug-likeness (QED) is 0.674. The first-order valence-corrected chi connectivity index (χ1v) is 4.96. The number of imidazole rings is 1. The highest BCUT2D eigenvalue weighted by atomic mass is 15.0. The van der Waals surface area contributed by atoms with Crippen LogP contribution in [0.1, 0.15) is 13.3 Å². The molecule has 0 fully saturated rings. The second-order valence-corrected chi connectivity index (χ2v) is 3.27. The number of para-hydroxylation sites is 2. The van der Waals surface area contributed by atoms with Gasteiger partial charge in [-0.05, 0) is 18.6 Å². The Morgan fingerprint density at radius 2 is 2.14 bits per heavy atom. The van der Waals surface area contributed by atoms with Crippen LogP contribution in [-0.2, 0) is 6.54 Å². The second kappa shape index (κ2) is 4.09. The van der Waals surface area contributed by atoms with E-state index in [1.807, 2.05) is 24.5 Å². The first kappa shape index (κ1) is 9.00. The molecule has 0 amide bonds. The molecule has 0 unspecified atom stereocenters. The maximum atomic E-state index is 4.33. The molecule has 0 saturated heterocycles. The first-order valence-electron chi connectivity index (χ1n) is 4.96. The fourth-order valence-corrected chi connectivity index (χ4v) is 1.51. The zero-order valence-electron chi connectivity index (χ0n) is 8.35. The van der Waals surface area contributed by atoms with Crippen molar-refractivity contribution >= 4 is 11.0 Å². The maximum absolute atomic E-state index is 4.33. The molecule has 72 valence electrons. The van der Waals surface area contributed by atoms with E-state index in [0.29, 0.717) is 0 Å². The fourth-order valence-electron chi connectivity index (χ4n) is 1.51. The topological polar surface area (TPSA) is 17.8 Å². The summed E-state index contributed by atoms with van der Waals surface area (Å²) in [6, 6.07) is 8.20. The van der Waals surface area contributed by atoms with Crippen molar-refractivity contribution in [1.29, 1.82) is 0 Å². The third kappa shape index (κ3) is 1.69. The Kier molecular flexibility index (Phi) is 2.63. The van der Waals surface area contributed by atoms with Crippen molar-refractivity contribution in [1.82, 2.24) is 9.55 Å². The molecule has 1 aromatic heterocycles. The molecule has 2 heteroatoms. The standard InChI is InChI=1S/C12H14N2/c1-2-3-6-9-14-10-13-11-7-4-5-8-12(11)14/h3-8,10H,2,9H2,1H3/b6-3+. The van der Waals surface area contributed by atoms with Gasteiger partial charge in [0, 0.05) is 6.54 Å². The Balaban J connectivity index is 2.29. The molecule has 2 nitrogen and oxygen atoms in total. The zero-order valence-corrected chi connectivity index (χ0v) is 8.35. The number of benzene rings is 1. The van der Waals surface area contributed by atoms with Crippen LogP contribution < -0.4 is 0 Å². The Hall–Kier alpha value is -1.57. The van der Waals surface area contributed by atoms with Gasteiger partial charge in [0.15, 0.2) is 0 Å². The summed E-state index contributed by atoms with van der Waals surface area (Å²) in [6.07, 6.45) is 7.33. The van der Waals surface area contributed by atoms with E-state index >= 15 is 0 Å². The van der Waals surface area contributed by atoms with Gasteiger partial charge in [0.2, 0.25) is 0 Å². The van der Waals surface area contributed by atoms with E-state index in [1.54, 1.807) is 0 Å². The predicted octanol–water partition coefficient (Wildman–Crippen LogP) is 3.00. The zero-order chi connectivity index (χ0) is 9.80. The van der Waals surface area contributed by atoms with E-state index in [2.05, 4.69) is 34.7 Å². The summed E-state index contributed by atoms with van der Waals surface area (Å²) in [5.41, 5.74) is 2.27. The van der Waals surface area contributed by atoms with Gasteiger partial charge in [-0.3, -0.25) is 0 Å². The lowest BCUT2D eigenvalue weighted by Gasteiger charge is -1.98. The SMILES string of the molecule is CC/C=C/Cn1cnc2ccccc21. The van der Waals surface area contributed by atoms with Gasteiger partial charge >= 0.3 is 0 Å². The van der Waals surface area contributed by atoms with Gasteiger partial charge in [-0.1, -0.05) is 31.2 Å². The molecule has 0 N–H and O–H groups in total. The average molecular weight is 186 g/mol. The van der Waals surface area contributed by atoms with Crippen LogP contribution in [0.25, 0.3) is 11.0 Å². The van der Waals surface area contributed by atoms with Crippen molar-refractivity contribution in [3.05, 3.63) is 42.7 Å². The molecule has 14 heavy (non-hydrogen) atoms. The molecule has 0 saturated carbocycles. The summed E-state index contributed by atoms with van der Waals surface area (Å²) >= 11 is 0. The Morgan fingerprint density at radius 3 is 3.00 bits per heavy atom. The molecule has 0 bridgehead atoms. The number of aromatic nitrogens is 2. The summed E-state index contributed by atoms with van der Waals surface area (Å²) in [4.78, 5) is 4.33. The van der Waals surface area contributed by atoms with E-state index in [0.717, 1.165) is 18.5 Å². The molecule has 1 aromatic carbocycles. The van der Waals surface area contributed by atoms with Crippen LogP contribution in [-0.4, -0.2) is 9.55 Å². The molecule has 0 spiro atoms. The van der Waals surface area contributed by atoms with Crippen LogP contribution >= 0.6 is 0 Å². The maximum Gasteiger partial charge on any atom is 0.0961 e. The number of hydrogen-bond acceptors (Lipinski definition) is 1. The minimum atomic E-state index is 0.911. The number of nitrogens with zero attached hydrogens (tertiary/aromatic N) is 2. The third-order valence-corrected chi connectivity index (χ3v) is 2.23. The van der Waals surface area contributed by atoms with Crippen LogP contribution in [0.5, 0.6) is 0 Å². The molecule has 0 aliphatic carbocycles. The van der Waals surface area contributed by atoms with E-state index < -0.39 is 0 Å². The molecule has 2 rings (SSSR count). The summed E-state index contributed by atoms with van der Waals surface area (Å²) in [5.74, 6) is 0. The predicted molar refractivity (Wildman–Crippen MR) is 59.2 cm³/mol. The largest absolute Gasteiger partial charge is 0.327 e. The van der Waals surface area contributed by atoms with Crippen LogP contribution in [0.15, 0.2) is 42.7 Å². The first-order chi connectivity index (χ1) is 6.92. The molecule has 0 radical (unpaired) electrons. The van der Waals surface area contributed by atoms with E-state index in [1.165, 1.54) is 5.52 Å². The average Bonchev–Trinajstić information content (AvgIpc) is 2.63. The van der Waals surface area contributed by atoms with Crippen molar-refractivity contribution in [2.45, 2.75) is 19.9 Å². The minimum absolute atomic E-state index is 0.911.